The molecule has 0 radical (unpaired) electrons. The van der Waals surface area contributed by atoms with Crippen LogP contribution in [0.25, 0.3) is 5.82 Å². The highest BCUT2D eigenvalue weighted by Crippen LogP contribution is 2.22. The quantitative estimate of drug-likeness (QED) is 0.796. The zero-order valence-electron chi connectivity index (χ0n) is 11.9. The highest BCUT2D eigenvalue weighted by atomic mass is 16.5. The van der Waals surface area contributed by atoms with Gasteiger partial charge in [0.05, 0.1) is 12.8 Å². The molecule has 0 spiro atoms. The van der Waals surface area contributed by atoms with Crippen molar-refractivity contribution in [2.24, 2.45) is 0 Å². The summed E-state index contributed by atoms with van der Waals surface area (Å²) in [6, 6.07) is 15.5. The molecule has 0 saturated heterocycles. The molecule has 106 valence electrons. The molecule has 5 nitrogen and oxygen atoms in total. The number of hydrogen-bond donors (Lipinski definition) is 1. The van der Waals surface area contributed by atoms with Gasteiger partial charge in [-0.25, -0.2) is 4.98 Å². The smallest absolute Gasteiger partial charge is 0.155 e. The van der Waals surface area contributed by atoms with Crippen molar-refractivity contribution < 1.29 is 4.74 Å². The van der Waals surface area contributed by atoms with Crippen molar-refractivity contribution in [2.45, 2.75) is 6.92 Å². The molecule has 21 heavy (non-hydrogen) atoms. The van der Waals surface area contributed by atoms with Gasteiger partial charge in [-0.3, -0.25) is 0 Å². The fraction of sp³-hybridized carbons (Fsp3) is 0.125. The maximum Gasteiger partial charge on any atom is 0.155 e. The van der Waals surface area contributed by atoms with Crippen molar-refractivity contribution in [2.75, 3.05) is 12.4 Å². The van der Waals surface area contributed by atoms with Crippen LogP contribution in [0.5, 0.6) is 5.75 Å². The maximum absolute atomic E-state index is 5.16. The van der Waals surface area contributed by atoms with Gasteiger partial charge in [-0.05, 0) is 43.3 Å². The standard InChI is InChI=1S/C16H16N4O/c1-12-11-16(18-13-6-8-14(21-2)9-7-13)20(19-12)15-5-3-4-10-17-15/h3-11,18H,1-2H3. The van der Waals surface area contributed by atoms with E-state index in [0.29, 0.717) is 0 Å². The second kappa shape index (κ2) is 5.66. The Morgan fingerprint density at radius 2 is 1.90 bits per heavy atom. The molecule has 1 N–H and O–H groups in total. The topological polar surface area (TPSA) is 52.0 Å². The summed E-state index contributed by atoms with van der Waals surface area (Å²) in [7, 11) is 1.65. The number of aryl methyl sites for hydroxylation is 1. The van der Waals surface area contributed by atoms with E-state index in [0.717, 1.165) is 28.8 Å². The average Bonchev–Trinajstić information content (AvgIpc) is 2.89. The summed E-state index contributed by atoms with van der Waals surface area (Å²) in [5, 5.41) is 7.83. The molecule has 5 heteroatoms. The predicted molar refractivity (Wildman–Crippen MR) is 82.4 cm³/mol. The van der Waals surface area contributed by atoms with Gasteiger partial charge in [-0.1, -0.05) is 6.07 Å². The number of benzene rings is 1. The van der Waals surface area contributed by atoms with Gasteiger partial charge in [0, 0.05) is 18.0 Å². The molecular weight excluding hydrogens is 264 g/mol. The third kappa shape index (κ3) is 2.86. The molecule has 3 aromatic rings. The fourth-order valence-corrected chi connectivity index (χ4v) is 2.06. The second-order valence-corrected chi connectivity index (χ2v) is 4.62. The van der Waals surface area contributed by atoms with Crippen LogP contribution in [0.2, 0.25) is 0 Å². The minimum atomic E-state index is 0.779. The minimum absolute atomic E-state index is 0.779. The summed E-state index contributed by atoms with van der Waals surface area (Å²) in [5.41, 5.74) is 1.89. The number of anilines is 2. The summed E-state index contributed by atoms with van der Waals surface area (Å²) >= 11 is 0. The van der Waals surface area contributed by atoms with Crippen LogP contribution in [0, 0.1) is 6.92 Å². The average molecular weight is 280 g/mol. The first-order valence-corrected chi connectivity index (χ1v) is 6.65. The number of hydrogen-bond acceptors (Lipinski definition) is 4. The normalized spacial score (nSPS) is 10.4. The Morgan fingerprint density at radius 3 is 2.57 bits per heavy atom. The zero-order chi connectivity index (χ0) is 14.7. The molecule has 0 amide bonds. The third-order valence-electron chi connectivity index (χ3n) is 3.06. The van der Waals surface area contributed by atoms with Crippen LogP contribution < -0.4 is 10.1 Å². The van der Waals surface area contributed by atoms with E-state index < -0.39 is 0 Å². The molecule has 0 aliphatic heterocycles. The number of rotatable bonds is 4. The largest absolute Gasteiger partial charge is 0.497 e. The fourth-order valence-electron chi connectivity index (χ4n) is 2.06. The summed E-state index contributed by atoms with van der Waals surface area (Å²) < 4.78 is 6.95. The molecule has 2 heterocycles. The van der Waals surface area contributed by atoms with Crippen LogP contribution in [0.4, 0.5) is 11.5 Å². The van der Waals surface area contributed by atoms with Gasteiger partial charge in [0.1, 0.15) is 11.6 Å². The Labute approximate surface area is 123 Å². The molecule has 0 fully saturated rings. The van der Waals surface area contributed by atoms with E-state index in [9.17, 15) is 0 Å². The van der Waals surface area contributed by atoms with Gasteiger partial charge < -0.3 is 10.1 Å². The van der Waals surface area contributed by atoms with Crippen molar-refractivity contribution >= 4 is 11.5 Å². The predicted octanol–water partition coefficient (Wildman–Crippen LogP) is 3.33. The second-order valence-electron chi connectivity index (χ2n) is 4.62. The van der Waals surface area contributed by atoms with Crippen molar-refractivity contribution in [3.05, 3.63) is 60.4 Å². The summed E-state index contributed by atoms with van der Waals surface area (Å²) in [6.45, 7) is 1.96. The van der Waals surface area contributed by atoms with E-state index in [1.165, 1.54) is 0 Å². The number of nitrogens with one attached hydrogen (secondary N) is 1. The van der Waals surface area contributed by atoms with Gasteiger partial charge in [-0.15, -0.1) is 0 Å². The van der Waals surface area contributed by atoms with Crippen molar-refractivity contribution in [3.63, 3.8) is 0 Å². The van der Waals surface area contributed by atoms with Crippen LogP contribution >= 0.6 is 0 Å². The lowest BCUT2D eigenvalue weighted by atomic mass is 10.3. The highest BCUT2D eigenvalue weighted by molar-refractivity contribution is 5.59. The summed E-state index contributed by atoms with van der Waals surface area (Å²) in [5.74, 6) is 2.48. The van der Waals surface area contributed by atoms with Crippen LogP contribution in [-0.4, -0.2) is 21.9 Å². The number of aromatic nitrogens is 3. The summed E-state index contributed by atoms with van der Waals surface area (Å²) in [4.78, 5) is 4.33. The van der Waals surface area contributed by atoms with E-state index in [-0.39, 0.29) is 0 Å². The van der Waals surface area contributed by atoms with Crippen LogP contribution in [0.3, 0.4) is 0 Å². The van der Waals surface area contributed by atoms with Crippen LogP contribution in [-0.2, 0) is 0 Å². The lowest BCUT2D eigenvalue weighted by Gasteiger charge is -2.09. The first kappa shape index (κ1) is 13.2. The van der Waals surface area contributed by atoms with Gasteiger partial charge in [-0.2, -0.15) is 9.78 Å². The summed E-state index contributed by atoms with van der Waals surface area (Å²) in [6.07, 6.45) is 1.75. The lowest BCUT2D eigenvalue weighted by molar-refractivity contribution is 0.415. The van der Waals surface area contributed by atoms with Crippen LogP contribution in [0.1, 0.15) is 5.69 Å². The molecule has 0 bridgehead atoms. The molecule has 3 rings (SSSR count). The van der Waals surface area contributed by atoms with E-state index in [4.69, 9.17) is 4.74 Å². The van der Waals surface area contributed by atoms with Crippen molar-refractivity contribution in [1.29, 1.82) is 0 Å². The Morgan fingerprint density at radius 1 is 1.10 bits per heavy atom. The van der Waals surface area contributed by atoms with Gasteiger partial charge in [0.25, 0.3) is 0 Å². The van der Waals surface area contributed by atoms with Gasteiger partial charge in [0.2, 0.25) is 0 Å². The molecule has 0 aliphatic carbocycles. The Hall–Kier alpha value is -2.82. The van der Waals surface area contributed by atoms with E-state index in [2.05, 4.69) is 15.4 Å². The zero-order valence-corrected chi connectivity index (χ0v) is 11.9. The Kier molecular flexibility index (Phi) is 3.55. The first-order chi connectivity index (χ1) is 10.3. The third-order valence-corrected chi connectivity index (χ3v) is 3.06. The number of methoxy groups -OCH3 is 1. The first-order valence-electron chi connectivity index (χ1n) is 6.65. The molecule has 2 aromatic heterocycles. The van der Waals surface area contributed by atoms with E-state index >= 15 is 0 Å². The molecule has 1 aromatic carbocycles. The number of nitrogens with zero attached hydrogens (tertiary/aromatic N) is 3. The molecular formula is C16H16N4O. The maximum atomic E-state index is 5.16. The molecule has 0 unspecified atom stereocenters. The number of pyridine rings is 1. The monoisotopic (exact) mass is 280 g/mol. The van der Waals surface area contributed by atoms with Crippen molar-refractivity contribution in [1.82, 2.24) is 14.8 Å². The van der Waals surface area contributed by atoms with Gasteiger partial charge in [0.15, 0.2) is 5.82 Å². The molecule has 0 aliphatic rings. The molecule has 0 saturated carbocycles. The SMILES string of the molecule is COc1ccc(Nc2cc(C)nn2-c2ccccn2)cc1. The van der Waals surface area contributed by atoms with Crippen LogP contribution in [0.15, 0.2) is 54.7 Å². The lowest BCUT2D eigenvalue weighted by Crippen LogP contribution is -2.04. The highest BCUT2D eigenvalue weighted by Gasteiger charge is 2.08. The van der Waals surface area contributed by atoms with Gasteiger partial charge >= 0.3 is 0 Å². The van der Waals surface area contributed by atoms with Crippen molar-refractivity contribution in [3.8, 4) is 11.6 Å². The number of ether oxygens (including phenoxy) is 1. The Balaban J connectivity index is 1.92. The van der Waals surface area contributed by atoms with E-state index in [1.807, 2.05) is 55.5 Å². The minimum Gasteiger partial charge on any atom is -0.497 e. The molecule has 0 atom stereocenters. The Bertz CT molecular complexity index is 720. The van der Waals surface area contributed by atoms with E-state index in [1.54, 1.807) is 18.0 Å².